The summed E-state index contributed by atoms with van der Waals surface area (Å²) in [5.74, 6) is 1.16. The Kier molecular flexibility index (Phi) is 5.55. The largest absolute Gasteiger partial charge is 0.405 e. The van der Waals surface area contributed by atoms with E-state index in [9.17, 15) is 13.2 Å². The highest BCUT2D eigenvalue weighted by atomic mass is 19.4. The summed E-state index contributed by atoms with van der Waals surface area (Å²) in [6.07, 6.45) is -3.85. The topological polar surface area (TPSA) is 61.3 Å². The van der Waals surface area contributed by atoms with Crippen LogP contribution in [-0.2, 0) is 6.42 Å². The molecule has 0 unspecified atom stereocenters. The number of rotatable bonds is 6. The fourth-order valence-corrected chi connectivity index (χ4v) is 1.86. The molecule has 0 saturated carbocycles. The van der Waals surface area contributed by atoms with Crippen LogP contribution in [0.1, 0.15) is 18.3 Å². The number of aliphatic hydroxyl groups excluding tert-OH is 1. The maximum atomic E-state index is 12.6. The maximum absolute atomic E-state index is 12.6. The van der Waals surface area contributed by atoms with Gasteiger partial charge in [0.25, 0.3) is 0 Å². The molecule has 0 amide bonds. The van der Waals surface area contributed by atoms with Gasteiger partial charge in [0, 0.05) is 25.6 Å². The molecule has 1 aromatic rings. The van der Waals surface area contributed by atoms with Gasteiger partial charge in [0.1, 0.15) is 24.0 Å². The summed E-state index contributed by atoms with van der Waals surface area (Å²) in [7, 11) is 1.65. The Balaban J connectivity index is 3.23. The molecule has 0 aliphatic rings. The quantitative estimate of drug-likeness (QED) is 0.836. The van der Waals surface area contributed by atoms with Crippen molar-refractivity contribution >= 4 is 11.6 Å². The van der Waals surface area contributed by atoms with Crippen LogP contribution < -0.4 is 10.2 Å². The summed E-state index contributed by atoms with van der Waals surface area (Å²) >= 11 is 0. The third kappa shape index (κ3) is 4.22. The second-order valence-corrected chi connectivity index (χ2v) is 4.30. The van der Waals surface area contributed by atoms with E-state index in [-0.39, 0.29) is 19.0 Å². The zero-order valence-electron chi connectivity index (χ0n) is 11.8. The molecule has 0 aliphatic heterocycles. The van der Waals surface area contributed by atoms with Crippen molar-refractivity contribution in [3.05, 3.63) is 11.4 Å². The SMILES string of the molecule is CCc1nc(NC)c(C)c(N(CCO)CC(F)(F)F)n1. The molecule has 2 N–H and O–H groups in total. The number of hydrogen-bond acceptors (Lipinski definition) is 5. The van der Waals surface area contributed by atoms with E-state index in [2.05, 4.69) is 15.3 Å². The third-order valence-electron chi connectivity index (χ3n) is 2.76. The maximum Gasteiger partial charge on any atom is 0.405 e. The van der Waals surface area contributed by atoms with Gasteiger partial charge in [0.05, 0.1) is 6.61 Å². The van der Waals surface area contributed by atoms with E-state index in [1.807, 2.05) is 6.92 Å². The molecule has 1 aromatic heterocycles. The molecule has 8 heteroatoms. The minimum atomic E-state index is -4.36. The van der Waals surface area contributed by atoms with Gasteiger partial charge in [-0.25, -0.2) is 9.97 Å². The first-order chi connectivity index (χ1) is 9.32. The normalized spacial score (nSPS) is 11.6. The molecular weight excluding hydrogens is 273 g/mol. The van der Waals surface area contributed by atoms with Crippen LogP contribution >= 0.6 is 0 Å². The second-order valence-electron chi connectivity index (χ2n) is 4.30. The monoisotopic (exact) mass is 292 g/mol. The molecule has 0 radical (unpaired) electrons. The molecule has 0 aromatic carbocycles. The fraction of sp³-hybridized carbons (Fsp3) is 0.667. The van der Waals surface area contributed by atoms with Gasteiger partial charge >= 0.3 is 6.18 Å². The van der Waals surface area contributed by atoms with Gasteiger partial charge in [-0.2, -0.15) is 13.2 Å². The molecular formula is C12H19F3N4O. The van der Waals surface area contributed by atoms with Gasteiger partial charge in [0.2, 0.25) is 0 Å². The zero-order valence-corrected chi connectivity index (χ0v) is 11.8. The summed E-state index contributed by atoms with van der Waals surface area (Å²) in [6.45, 7) is 1.81. The number of halogens is 3. The molecule has 0 aliphatic carbocycles. The summed E-state index contributed by atoms with van der Waals surface area (Å²) < 4.78 is 37.9. The van der Waals surface area contributed by atoms with Crippen molar-refractivity contribution in [2.24, 2.45) is 0 Å². The van der Waals surface area contributed by atoms with Crippen LogP contribution in [0.25, 0.3) is 0 Å². The van der Waals surface area contributed by atoms with Gasteiger partial charge in [0.15, 0.2) is 0 Å². The van der Waals surface area contributed by atoms with E-state index >= 15 is 0 Å². The van der Waals surface area contributed by atoms with Crippen LogP contribution in [0.4, 0.5) is 24.8 Å². The van der Waals surface area contributed by atoms with Crippen LogP contribution in [0.5, 0.6) is 0 Å². The summed E-state index contributed by atoms with van der Waals surface area (Å²) in [6, 6.07) is 0. The van der Waals surface area contributed by atoms with Crippen LogP contribution in [0.3, 0.4) is 0 Å². The van der Waals surface area contributed by atoms with Crippen LogP contribution in [-0.4, -0.2) is 48.0 Å². The summed E-state index contributed by atoms with van der Waals surface area (Å²) in [4.78, 5) is 9.41. The lowest BCUT2D eigenvalue weighted by atomic mass is 10.2. The highest BCUT2D eigenvalue weighted by Gasteiger charge is 2.32. The lowest BCUT2D eigenvalue weighted by Crippen LogP contribution is -2.37. The Morgan fingerprint density at radius 1 is 1.30 bits per heavy atom. The lowest BCUT2D eigenvalue weighted by Gasteiger charge is -2.26. The van der Waals surface area contributed by atoms with E-state index in [1.54, 1.807) is 14.0 Å². The molecule has 0 spiro atoms. The van der Waals surface area contributed by atoms with Crippen LogP contribution in [0.2, 0.25) is 0 Å². The average Bonchev–Trinajstić information content (AvgIpc) is 2.37. The number of aromatic nitrogens is 2. The molecule has 0 atom stereocenters. The molecule has 0 bridgehead atoms. The van der Waals surface area contributed by atoms with E-state index in [4.69, 9.17) is 5.11 Å². The Morgan fingerprint density at radius 3 is 2.40 bits per heavy atom. The first-order valence-electron chi connectivity index (χ1n) is 6.30. The van der Waals surface area contributed by atoms with E-state index < -0.39 is 12.7 Å². The van der Waals surface area contributed by atoms with Gasteiger partial charge in [-0.15, -0.1) is 0 Å². The molecule has 1 rings (SSSR count). The van der Waals surface area contributed by atoms with Crippen LogP contribution in [0, 0.1) is 6.92 Å². The predicted octanol–water partition coefficient (Wildman–Crippen LogP) is 1.75. The molecule has 20 heavy (non-hydrogen) atoms. The Hall–Kier alpha value is -1.57. The molecule has 114 valence electrons. The van der Waals surface area contributed by atoms with Gasteiger partial charge in [-0.3, -0.25) is 0 Å². The minimum absolute atomic E-state index is 0.135. The van der Waals surface area contributed by atoms with E-state index in [0.29, 0.717) is 23.6 Å². The van der Waals surface area contributed by atoms with Gasteiger partial charge in [-0.05, 0) is 6.92 Å². The zero-order chi connectivity index (χ0) is 15.3. The minimum Gasteiger partial charge on any atom is -0.395 e. The number of alkyl halides is 3. The van der Waals surface area contributed by atoms with Crippen molar-refractivity contribution < 1.29 is 18.3 Å². The van der Waals surface area contributed by atoms with Gasteiger partial charge in [-0.1, -0.05) is 6.92 Å². The van der Waals surface area contributed by atoms with E-state index in [0.717, 1.165) is 4.90 Å². The number of nitrogens with one attached hydrogen (secondary N) is 1. The average molecular weight is 292 g/mol. The van der Waals surface area contributed by atoms with Crippen molar-refractivity contribution in [1.82, 2.24) is 9.97 Å². The van der Waals surface area contributed by atoms with Crippen molar-refractivity contribution in [1.29, 1.82) is 0 Å². The van der Waals surface area contributed by atoms with E-state index in [1.165, 1.54) is 0 Å². The lowest BCUT2D eigenvalue weighted by molar-refractivity contribution is -0.120. The Morgan fingerprint density at radius 2 is 1.95 bits per heavy atom. The second kappa shape index (κ2) is 6.74. The standard InChI is InChI=1S/C12H19F3N4O/c1-4-9-17-10(16-3)8(2)11(18-9)19(5-6-20)7-12(13,14)15/h20H,4-7H2,1-3H3,(H,16,17,18). The smallest absolute Gasteiger partial charge is 0.395 e. The van der Waals surface area contributed by atoms with Gasteiger partial charge < -0.3 is 15.3 Å². The number of nitrogens with zero attached hydrogens (tertiary/aromatic N) is 3. The molecule has 0 fully saturated rings. The number of aryl methyl sites for hydroxylation is 1. The van der Waals surface area contributed by atoms with Crippen molar-refractivity contribution in [3.8, 4) is 0 Å². The van der Waals surface area contributed by atoms with Crippen molar-refractivity contribution in [2.45, 2.75) is 26.4 Å². The highest BCUT2D eigenvalue weighted by Crippen LogP contribution is 2.26. The predicted molar refractivity (Wildman–Crippen MR) is 71.0 cm³/mol. The van der Waals surface area contributed by atoms with Crippen LogP contribution in [0.15, 0.2) is 0 Å². The number of anilines is 2. The van der Waals surface area contributed by atoms with Crippen molar-refractivity contribution in [2.75, 3.05) is 37.0 Å². The first kappa shape index (κ1) is 16.5. The highest BCUT2D eigenvalue weighted by molar-refractivity contribution is 5.58. The third-order valence-corrected chi connectivity index (χ3v) is 2.76. The fourth-order valence-electron chi connectivity index (χ4n) is 1.86. The Labute approximate surface area is 115 Å². The summed E-state index contributed by atoms with van der Waals surface area (Å²) in [5, 5.41) is 11.8. The number of aliphatic hydroxyl groups is 1. The number of hydrogen-bond donors (Lipinski definition) is 2. The molecule has 5 nitrogen and oxygen atoms in total. The Bertz CT molecular complexity index is 451. The molecule has 0 saturated heterocycles. The summed E-state index contributed by atoms with van der Waals surface area (Å²) in [5.41, 5.74) is 0.530. The molecule has 1 heterocycles. The first-order valence-corrected chi connectivity index (χ1v) is 6.30. The van der Waals surface area contributed by atoms with Crippen molar-refractivity contribution in [3.63, 3.8) is 0 Å².